The van der Waals surface area contributed by atoms with Crippen LogP contribution in [0.2, 0.25) is 0 Å². The first-order chi connectivity index (χ1) is 10.5. The van der Waals surface area contributed by atoms with Crippen molar-refractivity contribution < 1.29 is 28.9 Å². The molecule has 22 heavy (non-hydrogen) atoms. The van der Waals surface area contributed by atoms with Crippen LogP contribution in [0.1, 0.15) is 13.2 Å². The standard InChI is InChI=1S/C12H13FN4O5/c1-5(18)21-3-7-8(19)9(20)11(22-7)17-4-15-6-2-14-12(13)16-10(6)17/h2,4,7-9,11,19-20H,3H2,1H3/t7-,8+,9-,11-/m1/s1. The van der Waals surface area contributed by atoms with Gasteiger partial charge in [-0.15, -0.1) is 0 Å². The zero-order chi connectivity index (χ0) is 15.9. The van der Waals surface area contributed by atoms with Crippen LogP contribution in [0.5, 0.6) is 0 Å². The van der Waals surface area contributed by atoms with Crippen molar-refractivity contribution in [3.63, 3.8) is 0 Å². The molecule has 118 valence electrons. The quantitative estimate of drug-likeness (QED) is 0.555. The fourth-order valence-corrected chi connectivity index (χ4v) is 2.29. The minimum absolute atomic E-state index is 0.122. The molecule has 0 spiro atoms. The number of halogens is 1. The molecule has 9 nitrogen and oxygen atoms in total. The lowest BCUT2D eigenvalue weighted by Gasteiger charge is -2.16. The summed E-state index contributed by atoms with van der Waals surface area (Å²) in [5.74, 6) is -0.531. The van der Waals surface area contributed by atoms with Crippen LogP contribution in [0.15, 0.2) is 12.5 Å². The molecule has 10 heteroatoms. The summed E-state index contributed by atoms with van der Waals surface area (Å²) in [7, 11) is 0. The van der Waals surface area contributed by atoms with E-state index < -0.39 is 36.6 Å². The Bertz CT molecular complexity index is 708. The molecule has 1 fully saturated rings. The SMILES string of the molecule is CC(=O)OC[C@H]1O[C@@H](n2cnc3cnc(F)nc32)[C@H](O)[C@H]1O. The van der Waals surface area contributed by atoms with Gasteiger partial charge in [-0.05, 0) is 0 Å². The van der Waals surface area contributed by atoms with Gasteiger partial charge in [-0.25, -0.2) is 9.97 Å². The van der Waals surface area contributed by atoms with Crippen molar-refractivity contribution in [2.24, 2.45) is 0 Å². The van der Waals surface area contributed by atoms with Crippen molar-refractivity contribution in [3.05, 3.63) is 18.6 Å². The maximum atomic E-state index is 13.2. The topological polar surface area (TPSA) is 120 Å². The molecule has 1 aliphatic heterocycles. The number of carbonyl (C=O) groups excluding carboxylic acids is 1. The van der Waals surface area contributed by atoms with Gasteiger partial charge in [0.2, 0.25) is 0 Å². The van der Waals surface area contributed by atoms with Crippen LogP contribution in [0.4, 0.5) is 4.39 Å². The largest absolute Gasteiger partial charge is 0.463 e. The maximum absolute atomic E-state index is 13.2. The molecule has 0 radical (unpaired) electrons. The van der Waals surface area contributed by atoms with E-state index in [1.165, 1.54) is 24.0 Å². The van der Waals surface area contributed by atoms with Crippen molar-refractivity contribution in [2.45, 2.75) is 31.5 Å². The number of carbonyl (C=O) groups is 1. The second-order valence-electron chi connectivity index (χ2n) is 4.85. The second-order valence-corrected chi connectivity index (χ2v) is 4.85. The summed E-state index contributed by atoms with van der Waals surface area (Å²) in [4.78, 5) is 21.8. The number of nitrogens with zero attached hydrogens (tertiary/aromatic N) is 4. The lowest BCUT2D eigenvalue weighted by Crippen LogP contribution is -2.34. The fraction of sp³-hybridized carbons (Fsp3) is 0.500. The Labute approximate surface area is 123 Å². The van der Waals surface area contributed by atoms with Gasteiger partial charge in [0.15, 0.2) is 11.9 Å². The Morgan fingerprint density at radius 2 is 2.23 bits per heavy atom. The zero-order valence-corrected chi connectivity index (χ0v) is 11.5. The fourth-order valence-electron chi connectivity index (χ4n) is 2.29. The number of rotatable bonds is 3. The number of esters is 1. The summed E-state index contributed by atoms with van der Waals surface area (Å²) in [5, 5.41) is 20.1. The number of fused-ring (bicyclic) bond motifs is 1. The Morgan fingerprint density at radius 1 is 1.45 bits per heavy atom. The molecule has 0 aliphatic carbocycles. The van der Waals surface area contributed by atoms with Gasteiger partial charge in [0.25, 0.3) is 0 Å². The van der Waals surface area contributed by atoms with Crippen molar-refractivity contribution in [2.75, 3.05) is 6.61 Å². The van der Waals surface area contributed by atoms with Gasteiger partial charge in [0.05, 0.1) is 12.5 Å². The maximum Gasteiger partial charge on any atom is 0.310 e. The third-order valence-corrected chi connectivity index (χ3v) is 3.35. The Morgan fingerprint density at radius 3 is 2.95 bits per heavy atom. The molecule has 0 aromatic carbocycles. The second kappa shape index (κ2) is 5.55. The summed E-state index contributed by atoms with van der Waals surface area (Å²) < 4.78 is 24.7. The van der Waals surface area contributed by atoms with Crippen LogP contribution in [0.3, 0.4) is 0 Å². The molecule has 0 saturated carbocycles. The summed E-state index contributed by atoms with van der Waals surface area (Å²) in [6.45, 7) is 1.01. The Hall–Kier alpha value is -2.17. The van der Waals surface area contributed by atoms with E-state index >= 15 is 0 Å². The molecule has 3 rings (SSSR count). The molecule has 0 unspecified atom stereocenters. The summed E-state index contributed by atoms with van der Waals surface area (Å²) in [6, 6.07) is 0. The van der Waals surface area contributed by atoms with Crippen molar-refractivity contribution in [1.82, 2.24) is 19.5 Å². The van der Waals surface area contributed by atoms with Crippen LogP contribution in [-0.4, -0.2) is 60.6 Å². The van der Waals surface area contributed by atoms with Crippen LogP contribution < -0.4 is 0 Å². The molecule has 0 bridgehead atoms. The molecule has 2 aromatic heterocycles. The van der Waals surface area contributed by atoms with Crippen LogP contribution in [0.25, 0.3) is 11.2 Å². The number of aliphatic hydroxyl groups is 2. The van der Waals surface area contributed by atoms with E-state index in [4.69, 9.17) is 9.47 Å². The van der Waals surface area contributed by atoms with Crippen LogP contribution >= 0.6 is 0 Å². The molecule has 2 aromatic rings. The van der Waals surface area contributed by atoms with E-state index in [0.717, 1.165) is 0 Å². The normalized spacial score (nSPS) is 28.2. The van der Waals surface area contributed by atoms with E-state index in [9.17, 15) is 19.4 Å². The van der Waals surface area contributed by atoms with Crippen molar-refractivity contribution in [1.29, 1.82) is 0 Å². The number of hydrogen-bond acceptors (Lipinski definition) is 8. The number of hydrogen-bond donors (Lipinski definition) is 2. The molecule has 2 N–H and O–H groups in total. The molecule has 0 amide bonds. The lowest BCUT2D eigenvalue weighted by molar-refractivity contribution is -0.147. The first-order valence-corrected chi connectivity index (χ1v) is 6.47. The van der Waals surface area contributed by atoms with Gasteiger partial charge < -0.3 is 19.7 Å². The minimum atomic E-state index is -1.31. The van der Waals surface area contributed by atoms with Crippen LogP contribution in [-0.2, 0) is 14.3 Å². The highest BCUT2D eigenvalue weighted by Crippen LogP contribution is 2.31. The molecule has 1 aliphatic rings. The Kier molecular flexibility index (Phi) is 3.72. The van der Waals surface area contributed by atoms with Crippen LogP contribution in [0, 0.1) is 6.08 Å². The highest BCUT2D eigenvalue weighted by molar-refractivity contribution is 5.69. The monoisotopic (exact) mass is 312 g/mol. The van der Waals surface area contributed by atoms with E-state index in [1.54, 1.807) is 0 Å². The highest BCUT2D eigenvalue weighted by Gasteiger charge is 2.44. The number of aliphatic hydroxyl groups excluding tert-OH is 2. The summed E-state index contributed by atoms with van der Waals surface area (Å²) in [6.07, 6.45) is -2.97. The average Bonchev–Trinajstić information content (AvgIpc) is 3.00. The van der Waals surface area contributed by atoms with E-state index in [0.29, 0.717) is 5.52 Å². The van der Waals surface area contributed by atoms with E-state index in [-0.39, 0.29) is 12.3 Å². The van der Waals surface area contributed by atoms with Gasteiger partial charge in [-0.2, -0.15) is 9.37 Å². The first-order valence-electron chi connectivity index (χ1n) is 6.47. The lowest BCUT2D eigenvalue weighted by atomic mass is 10.1. The van der Waals surface area contributed by atoms with Gasteiger partial charge >= 0.3 is 12.0 Å². The molecular weight excluding hydrogens is 299 g/mol. The minimum Gasteiger partial charge on any atom is -0.463 e. The van der Waals surface area contributed by atoms with E-state index in [1.807, 2.05) is 0 Å². The highest BCUT2D eigenvalue weighted by atomic mass is 19.1. The van der Waals surface area contributed by atoms with Gasteiger partial charge in [-0.3, -0.25) is 9.36 Å². The Balaban J connectivity index is 1.87. The van der Waals surface area contributed by atoms with Gasteiger partial charge in [0.1, 0.15) is 30.4 Å². The zero-order valence-electron chi connectivity index (χ0n) is 11.5. The number of imidazole rings is 1. The average molecular weight is 312 g/mol. The van der Waals surface area contributed by atoms with Crippen molar-refractivity contribution >= 4 is 17.1 Å². The number of aromatic nitrogens is 4. The summed E-state index contributed by atoms with van der Waals surface area (Å²) in [5.41, 5.74) is 0.437. The smallest absolute Gasteiger partial charge is 0.310 e. The third kappa shape index (κ3) is 2.51. The molecule has 1 saturated heterocycles. The number of ether oxygens (including phenoxy) is 2. The molecule has 4 atom stereocenters. The summed E-state index contributed by atoms with van der Waals surface area (Å²) >= 11 is 0. The van der Waals surface area contributed by atoms with E-state index in [2.05, 4.69) is 15.0 Å². The van der Waals surface area contributed by atoms with Gasteiger partial charge in [0, 0.05) is 6.92 Å². The predicted molar refractivity (Wildman–Crippen MR) is 67.8 cm³/mol. The first kappa shape index (κ1) is 14.8. The van der Waals surface area contributed by atoms with Gasteiger partial charge in [-0.1, -0.05) is 0 Å². The van der Waals surface area contributed by atoms with Crippen molar-refractivity contribution in [3.8, 4) is 0 Å². The molecule has 3 heterocycles. The predicted octanol–water partition coefficient (Wildman–Crippen LogP) is -0.852. The third-order valence-electron chi connectivity index (χ3n) is 3.35. The molecular formula is C12H13FN4O5.